The summed E-state index contributed by atoms with van der Waals surface area (Å²) in [6.07, 6.45) is -10.0. The van der Waals surface area contributed by atoms with Crippen molar-refractivity contribution in [2.45, 2.75) is 21.5 Å². The summed E-state index contributed by atoms with van der Waals surface area (Å²) in [7, 11) is 0.996. The van der Waals surface area contributed by atoms with Crippen molar-refractivity contribution in [3.05, 3.63) is 59.2 Å². The summed E-state index contributed by atoms with van der Waals surface area (Å²) < 4.78 is 119. The van der Waals surface area contributed by atoms with Crippen LogP contribution in [-0.4, -0.2) is 46.1 Å². The third-order valence-corrected chi connectivity index (χ3v) is 3.27. The number of carbonyl (C=O) groups is 2. The van der Waals surface area contributed by atoms with Crippen LogP contribution >= 0.6 is 59.9 Å². The van der Waals surface area contributed by atoms with Crippen LogP contribution < -0.4 is 9.47 Å². The number of halogens is 12. The third-order valence-electron chi connectivity index (χ3n) is 3.27. The van der Waals surface area contributed by atoms with Gasteiger partial charge >= 0.3 is 18.7 Å². The van der Waals surface area contributed by atoms with E-state index >= 15 is 0 Å². The van der Waals surface area contributed by atoms with Gasteiger partial charge in [0.15, 0.2) is 12.4 Å². The van der Waals surface area contributed by atoms with Crippen LogP contribution in [0, 0.1) is 11.6 Å². The fraction of sp³-hybridized carbons (Fsp3) is 0.300. The minimum absolute atomic E-state index is 0.110. The molecule has 2 rings (SSSR count). The fourth-order valence-corrected chi connectivity index (χ4v) is 2.09. The first kappa shape index (κ1) is 39.4. The highest BCUT2D eigenvalue weighted by Gasteiger charge is 2.32. The molecule has 0 bridgehead atoms. The molecule has 0 aromatic heterocycles. The number of alkyl halides is 9. The molecule has 19 heteroatoms. The molecule has 39 heavy (non-hydrogen) atoms. The summed E-state index contributed by atoms with van der Waals surface area (Å²) in [4.78, 5) is 20.9. The second kappa shape index (κ2) is 19.4. The Bertz CT molecular complexity index is 1020. The molecule has 0 fully saturated rings. The van der Waals surface area contributed by atoms with Crippen molar-refractivity contribution in [2.75, 3.05) is 13.4 Å². The van der Waals surface area contributed by atoms with Crippen LogP contribution in [0.25, 0.3) is 0 Å². The predicted molar refractivity (Wildman–Crippen MR) is 134 cm³/mol. The summed E-state index contributed by atoms with van der Waals surface area (Å²) >= 11 is 9.56. The molecular weight excluding hydrogens is 779 g/mol. The lowest BCUT2D eigenvalue weighted by atomic mass is 10.1. The van der Waals surface area contributed by atoms with E-state index in [1.54, 1.807) is 0 Å². The quantitative estimate of drug-likeness (QED) is 0.178. The maximum Gasteiger partial charge on any atom is 0.573 e. The topological polar surface area (TPSA) is 82.1 Å². The van der Waals surface area contributed by atoms with E-state index in [-0.39, 0.29) is 21.1 Å². The number of hydrogen-bond acceptors (Lipinski definition) is 6. The Hall–Kier alpha value is -1.70. The Kier molecular flexibility index (Phi) is 19.6. The Morgan fingerprint density at radius 2 is 1.31 bits per heavy atom. The average molecular weight is 795 g/mol. The maximum absolute atomic E-state index is 13.3. The lowest BCUT2D eigenvalue weighted by Crippen LogP contribution is -2.19. The summed E-state index contributed by atoms with van der Waals surface area (Å²) in [5.74, 6) is -4.77. The summed E-state index contributed by atoms with van der Waals surface area (Å²) in [6, 6.07) is 4.23. The molecule has 0 aliphatic carbocycles. The van der Waals surface area contributed by atoms with Gasteiger partial charge in [-0.2, -0.15) is 3.89 Å². The van der Waals surface area contributed by atoms with Crippen molar-refractivity contribution in [2.24, 2.45) is 0 Å². The standard InChI is InChI=1S/C10H8F4O4.C8H4F4O2.CHBr3.CH3FS/c1-17-8(9(15)16)6-4-5(2-3-7(6)11)18-10(12,13)14;9-7-2-1-6(3-5(7)4-13)14-8(10,11)12;2-1(3)4;1-3-2/h2-4,8H,1H3,(H,15,16);1-4H;1H;1H3/t8-;;;/m0.../s1. The van der Waals surface area contributed by atoms with Gasteiger partial charge in [-0.1, -0.05) is 47.8 Å². The zero-order valence-electron chi connectivity index (χ0n) is 19.1. The Morgan fingerprint density at radius 3 is 1.64 bits per heavy atom. The van der Waals surface area contributed by atoms with Crippen LogP contribution in [0.3, 0.4) is 0 Å². The maximum atomic E-state index is 13.3. The lowest BCUT2D eigenvalue weighted by molar-refractivity contribution is -0.275. The molecule has 0 amide bonds. The molecule has 0 spiro atoms. The number of aldehydes is 1. The van der Waals surface area contributed by atoms with Gasteiger partial charge in [0.05, 0.1) is 5.56 Å². The minimum Gasteiger partial charge on any atom is -0.479 e. The van der Waals surface area contributed by atoms with Crippen molar-refractivity contribution in [1.29, 1.82) is 0 Å². The molecule has 0 aliphatic heterocycles. The van der Waals surface area contributed by atoms with Gasteiger partial charge in [-0.3, -0.25) is 4.79 Å². The molecule has 2 aromatic carbocycles. The average Bonchev–Trinajstić information content (AvgIpc) is 2.76. The van der Waals surface area contributed by atoms with Gasteiger partial charge in [-0.25, -0.2) is 13.6 Å². The van der Waals surface area contributed by atoms with E-state index in [1.165, 1.54) is 6.26 Å². The fourth-order valence-electron chi connectivity index (χ4n) is 2.09. The highest BCUT2D eigenvalue weighted by atomic mass is 80.0. The highest BCUT2D eigenvalue weighted by Crippen LogP contribution is 2.29. The Morgan fingerprint density at radius 1 is 0.923 bits per heavy atom. The molecular formula is C20H16Br3F9O6S. The number of ether oxygens (including phenoxy) is 3. The number of aliphatic carboxylic acids is 1. The van der Waals surface area contributed by atoms with E-state index in [0.29, 0.717) is 18.2 Å². The summed E-state index contributed by atoms with van der Waals surface area (Å²) in [5, 5.41) is 8.72. The van der Waals surface area contributed by atoms with Crippen molar-refractivity contribution in [1.82, 2.24) is 0 Å². The van der Waals surface area contributed by atoms with Gasteiger partial charge in [0.25, 0.3) is 0 Å². The van der Waals surface area contributed by atoms with Crippen LogP contribution in [-0.2, 0) is 9.53 Å². The first-order valence-corrected chi connectivity index (χ1v) is 13.1. The Balaban J connectivity index is 0. The van der Waals surface area contributed by atoms with Crippen LogP contribution in [0.5, 0.6) is 11.5 Å². The Labute approximate surface area is 244 Å². The van der Waals surface area contributed by atoms with Crippen molar-refractivity contribution in [3.63, 3.8) is 0 Å². The zero-order chi connectivity index (χ0) is 31.0. The number of hydrogen-bond donors (Lipinski definition) is 1. The molecule has 0 saturated heterocycles. The summed E-state index contributed by atoms with van der Waals surface area (Å²) in [6.45, 7) is 0. The second-order valence-corrected chi connectivity index (χ2v) is 12.7. The van der Waals surface area contributed by atoms with Crippen LogP contribution in [0.2, 0.25) is 0 Å². The number of carboxylic acids is 1. The second-order valence-electron chi connectivity index (χ2n) is 5.94. The number of methoxy groups -OCH3 is 1. The van der Waals surface area contributed by atoms with Gasteiger partial charge in [-0.15, -0.1) is 26.3 Å². The molecule has 1 N–H and O–H groups in total. The van der Waals surface area contributed by atoms with E-state index < -0.39 is 59.1 Å². The van der Waals surface area contributed by atoms with Gasteiger partial charge < -0.3 is 19.3 Å². The van der Waals surface area contributed by atoms with Gasteiger partial charge in [0.1, 0.15) is 25.8 Å². The van der Waals surface area contributed by atoms with E-state index in [0.717, 1.165) is 25.3 Å². The molecule has 0 aliphatic rings. The van der Waals surface area contributed by atoms with Crippen LogP contribution in [0.1, 0.15) is 22.0 Å². The van der Waals surface area contributed by atoms with Gasteiger partial charge in [-0.05, 0) is 36.4 Å². The van der Waals surface area contributed by atoms with Crippen molar-refractivity contribution >= 4 is 72.2 Å². The molecule has 0 unspecified atom stereocenters. The SMILES string of the molecule is BrC(Br)Br.CO[C@H](C(=O)O)c1cc(OC(F)(F)F)ccc1F.CSF.O=Cc1cc(OC(F)(F)F)ccc1F. The molecule has 6 nitrogen and oxygen atoms in total. The molecule has 0 heterocycles. The lowest BCUT2D eigenvalue weighted by Gasteiger charge is -2.14. The largest absolute Gasteiger partial charge is 0.573 e. The van der Waals surface area contributed by atoms with E-state index in [2.05, 4.69) is 62.0 Å². The number of carbonyl (C=O) groups excluding carboxylic acids is 1. The van der Waals surface area contributed by atoms with E-state index in [4.69, 9.17) is 5.11 Å². The highest BCUT2D eigenvalue weighted by molar-refractivity contribution is 9.38. The molecule has 2 aromatic rings. The number of carboxylic acid groups (broad SMARTS) is 1. The van der Waals surface area contributed by atoms with E-state index in [1.807, 2.05) is 0 Å². The zero-order valence-corrected chi connectivity index (χ0v) is 24.7. The first-order chi connectivity index (χ1) is 17.8. The van der Waals surface area contributed by atoms with Crippen molar-refractivity contribution in [3.8, 4) is 11.5 Å². The van der Waals surface area contributed by atoms with Crippen LogP contribution in [0.15, 0.2) is 36.4 Å². The normalized spacial score (nSPS) is 11.5. The van der Waals surface area contributed by atoms with Crippen molar-refractivity contribution < 1.29 is 67.9 Å². The first-order valence-electron chi connectivity index (χ1n) is 9.20. The summed E-state index contributed by atoms with van der Waals surface area (Å²) in [5.41, 5.74) is -1.03. The van der Waals surface area contributed by atoms with E-state index in [9.17, 15) is 48.6 Å². The predicted octanol–water partition coefficient (Wildman–Crippen LogP) is 8.72. The van der Waals surface area contributed by atoms with Crippen LogP contribution in [0.4, 0.5) is 39.0 Å². The minimum atomic E-state index is -4.94. The van der Waals surface area contributed by atoms with Gasteiger partial charge in [0, 0.05) is 31.1 Å². The number of benzene rings is 2. The third kappa shape index (κ3) is 19.9. The smallest absolute Gasteiger partial charge is 0.479 e. The number of rotatable bonds is 6. The molecule has 0 saturated carbocycles. The van der Waals surface area contributed by atoms with Gasteiger partial charge in [0.2, 0.25) is 0 Å². The molecule has 0 radical (unpaired) electrons. The molecule has 222 valence electrons. The monoisotopic (exact) mass is 792 g/mol. The molecule has 1 atom stereocenters.